The molecule has 0 bridgehead atoms. The number of imide groups is 1. The highest BCUT2D eigenvalue weighted by atomic mass is 19.4. The Balaban J connectivity index is 2.68. The third-order valence-corrected chi connectivity index (χ3v) is 2.82. The number of carbonyl (C=O) groups excluding carboxylic acids is 4. The van der Waals surface area contributed by atoms with Gasteiger partial charge in [0, 0.05) is 18.8 Å². The normalized spacial score (nSPS) is 11.0. The van der Waals surface area contributed by atoms with E-state index in [2.05, 4.69) is 10.6 Å². The van der Waals surface area contributed by atoms with Crippen molar-refractivity contribution < 1.29 is 37.1 Å². The van der Waals surface area contributed by atoms with Gasteiger partial charge in [-0.25, -0.2) is 9.59 Å². The zero-order valence-electron chi connectivity index (χ0n) is 14.1. The zero-order valence-corrected chi connectivity index (χ0v) is 14.1. The Morgan fingerprint density at radius 3 is 2.44 bits per heavy atom. The summed E-state index contributed by atoms with van der Waals surface area (Å²) >= 11 is 0. The fraction of sp³-hybridized carbons (Fsp3) is 0.250. The number of benzene rings is 1. The average molecular weight is 387 g/mol. The molecule has 146 valence electrons. The number of urea groups is 1. The second-order valence-electron chi connectivity index (χ2n) is 4.87. The number of hydrogen-bond donors (Lipinski definition) is 3. The minimum atomic E-state index is -5.01. The number of hydrogen-bond acceptors (Lipinski definition) is 6. The van der Waals surface area contributed by atoms with E-state index in [1.807, 2.05) is 5.32 Å². The Hall–Kier alpha value is -3.37. The Morgan fingerprint density at radius 2 is 1.81 bits per heavy atom. The number of rotatable bonds is 7. The molecule has 0 radical (unpaired) electrons. The van der Waals surface area contributed by atoms with Gasteiger partial charge in [0.05, 0.1) is 11.3 Å². The smallest absolute Gasteiger partial charge is 0.452 e. The Morgan fingerprint density at radius 1 is 1.15 bits per heavy atom. The monoisotopic (exact) mass is 387 g/mol. The first-order valence-electron chi connectivity index (χ1n) is 7.53. The largest absolute Gasteiger partial charge is 0.454 e. The lowest BCUT2D eigenvalue weighted by atomic mass is 10.2. The van der Waals surface area contributed by atoms with Gasteiger partial charge in [-0.15, -0.1) is 0 Å². The summed E-state index contributed by atoms with van der Waals surface area (Å²) in [5.74, 6) is -3.90. The molecule has 0 unspecified atom stereocenters. The minimum Gasteiger partial charge on any atom is -0.452 e. The van der Waals surface area contributed by atoms with Gasteiger partial charge in [-0.05, 0) is 19.1 Å². The van der Waals surface area contributed by atoms with Crippen LogP contribution >= 0.6 is 0 Å². The molecule has 1 aromatic rings. The number of carbonyl (C=O) groups is 4. The highest BCUT2D eigenvalue weighted by molar-refractivity contribution is 5.99. The number of anilines is 1. The zero-order chi connectivity index (χ0) is 20.4. The van der Waals surface area contributed by atoms with Crippen LogP contribution in [0.2, 0.25) is 0 Å². The fourth-order valence-corrected chi connectivity index (χ4v) is 1.66. The van der Waals surface area contributed by atoms with E-state index >= 15 is 0 Å². The molecule has 0 aromatic heterocycles. The van der Waals surface area contributed by atoms with Crippen molar-refractivity contribution in [3.8, 4) is 0 Å². The molecule has 27 heavy (non-hydrogen) atoms. The predicted octanol–water partition coefficient (Wildman–Crippen LogP) is 1.75. The van der Waals surface area contributed by atoms with E-state index in [0.717, 1.165) is 6.20 Å². The van der Waals surface area contributed by atoms with Gasteiger partial charge in [-0.3, -0.25) is 14.9 Å². The molecule has 0 aliphatic rings. The molecule has 0 fully saturated rings. The van der Waals surface area contributed by atoms with Crippen LogP contribution in [0.5, 0.6) is 0 Å². The SMILES string of the molecule is CCNC(=O)NC(=O)COC(=O)c1ccccc1N/C=C/C(=O)C(F)(F)F. The van der Waals surface area contributed by atoms with E-state index in [4.69, 9.17) is 4.74 Å². The minimum absolute atomic E-state index is 0.0536. The van der Waals surface area contributed by atoms with E-state index in [1.54, 1.807) is 6.92 Å². The highest BCUT2D eigenvalue weighted by Gasteiger charge is 2.36. The standard InChI is InChI=1S/C16H16F3N3O5/c1-2-20-15(26)22-13(24)9-27-14(25)10-5-3-4-6-11(10)21-8-7-12(23)16(17,18)19/h3-8,21H,2,9H2,1H3,(H2,20,22,24,26)/b8-7+. The van der Waals surface area contributed by atoms with Crippen LogP contribution in [0.3, 0.4) is 0 Å². The first kappa shape index (κ1) is 21.7. The number of ketones is 1. The number of nitrogens with one attached hydrogen (secondary N) is 3. The quantitative estimate of drug-likeness (QED) is 0.485. The lowest BCUT2D eigenvalue weighted by Gasteiger charge is -2.09. The molecular weight excluding hydrogens is 371 g/mol. The van der Waals surface area contributed by atoms with Gasteiger partial charge >= 0.3 is 18.2 Å². The second kappa shape index (κ2) is 9.94. The van der Waals surface area contributed by atoms with Crippen molar-refractivity contribution in [2.24, 2.45) is 0 Å². The number of esters is 1. The first-order chi connectivity index (χ1) is 12.6. The van der Waals surface area contributed by atoms with Crippen LogP contribution in [-0.4, -0.2) is 43.0 Å². The van der Waals surface area contributed by atoms with Crippen molar-refractivity contribution in [1.29, 1.82) is 0 Å². The van der Waals surface area contributed by atoms with Crippen LogP contribution in [0.25, 0.3) is 0 Å². The fourth-order valence-electron chi connectivity index (χ4n) is 1.66. The third kappa shape index (κ3) is 7.59. The van der Waals surface area contributed by atoms with Crippen LogP contribution in [-0.2, 0) is 14.3 Å². The molecule has 0 atom stereocenters. The summed E-state index contributed by atoms with van der Waals surface area (Å²) in [5.41, 5.74) is -0.0368. The van der Waals surface area contributed by atoms with Gasteiger partial charge in [0.1, 0.15) is 0 Å². The molecular formula is C16H16F3N3O5. The molecule has 0 aliphatic carbocycles. The molecule has 0 spiro atoms. The molecule has 3 N–H and O–H groups in total. The van der Waals surface area contributed by atoms with E-state index in [1.165, 1.54) is 24.3 Å². The summed E-state index contributed by atoms with van der Waals surface area (Å²) in [4.78, 5) is 45.4. The van der Waals surface area contributed by atoms with E-state index in [0.29, 0.717) is 6.54 Å². The van der Waals surface area contributed by atoms with E-state index < -0.39 is 36.5 Å². The molecule has 3 amide bonds. The molecule has 1 rings (SSSR count). The third-order valence-electron chi connectivity index (χ3n) is 2.82. The summed E-state index contributed by atoms with van der Waals surface area (Å²) in [6.07, 6.45) is -4.01. The van der Waals surface area contributed by atoms with Crippen LogP contribution in [0.15, 0.2) is 36.5 Å². The highest BCUT2D eigenvalue weighted by Crippen LogP contribution is 2.18. The average Bonchev–Trinajstić information content (AvgIpc) is 2.59. The van der Waals surface area contributed by atoms with Crippen molar-refractivity contribution in [3.63, 3.8) is 0 Å². The van der Waals surface area contributed by atoms with Gasteiger partial charge in [-0.1, -0.05) is 12.1 Å². The maximum absolute atomic E-state index is 12.1. The Bertz CT molecular complexity index is 747. The maximum Gasteiger partial charge on any atom is 0.454 e. The molecule has 0 aliphatic heterocycles. The second-order valence-corrected chi connectivity index (χ2v) is 4.87. The van der Waals surface area contributed by atoms with Gasteiger partial charge in [0.25, 0.3) is 11.7 Å². The lowest BCUT2D eigenvalue weighted by molar-refractivity contribution is -0.165. The summed E-state index contributed by atoms with van der Waals surface area (Å²) in [5, 5.41) is 6.60. The maximum atomic E-state index is 12.1. The lowest BCUT2D eigenvalue weighted by Crippen LogP contribution is -2.41. The van der Waals surface area contributed by atoms with E-state index in [9.17, 15) is 32.3 Å². The predicted molar refractivity (Wildman–Crippen MR) is 87.8 cm³/mol. The summed E-state index contributed by atoms with van der Waals surface area (Å²) in [6, 6.07) is 4.85. The summed E-state index contributed by atoms with van der Waals surface area (Å²) in [6.45, 7) is 1.19. The Kier molecular flexibility index (Phi) is 7.98. The van der Waals surface area contributed by atoms with Crippen molar-refractivity contribution in [1.82, 2.24) is 10.6 Å². The van der Waals surface area contributed by atoms with Crippen molar-refractivity contribution >= 4 is 29.4 Å². The van der Waals surface area contributed by atoms with Gasteiger partial charge in [0.15, 0.2) is 6.61 Å². The number of halogens is 3. The molecule has 0 saturated carbocycles. The number of allylic oxidation sites excluding steroid dienone is 1. The van der Waals surface area contributed by atoms with Crippen molar-refractivity contribution in [2.75, 3.05) is 18.5 Å². The summed E-state index contributed by atoms with van der Waals surface area (Å²) < 4.78 is 41.1. The molecule has 0 heterocycles. The van der Waals surface area contributed by atoms with Crippen LogP contribution < -0.4 is 16.0 Å². The number of ether oxygens (including phenoxy) is 1. The summed E-state index contributed by atoms with van der Waals surface area (Å²) in [7, 11) is 0. The first-order valence-corrected chi connectivity index (χ1v) is 7.53. The van der Waals surface area contributed by atoms with Crippen molar-refractivity contribution in [2.45, 2.75) is 13.1 Å². The van der Waals surface area contributed by atoms with Gasteiger partial charge in [-0.2, -0.15) is 13.2 Å². The molecule has 8 nitrogen and oxygen atoms in total. The molecule has 11 heteroatoms. The van der Waals surface area contributed by atoms with E-state index in [-0.39, 0.29) is 17.3 Å². The van der Waals surface area contributed by atoms with Crippen LogP contribution in [0.4, 0.5) is 23.7 Å². The van der Waals surface area contributed by atoms with Gasteiger partial charge in [0.2, 0.25) is 0 Å². The molecule has 1 aromatic carbocycles. The topological polar surface area (TPSA) is 114 Å². The number of para-hydroxylation sites is 1. The van der Waals surface area contributed by atoms with Gasteiger partial charge < -0.3 is 15.4 Å². The molecule has 0 saturated heterocycles. The number of alkyl halides is 3. The number of amides is 3. The van der Waals surface area contributed by atoms with Crippen LogP contribution in [0.1, 0.15) is 17.3 Å². The van der Waals surface area contributed by atoms with Crippen LogP contribution in [0, 0.1) is 0 Å². The van der Waals surface area contributed by atoms with Crippen molar-refractivity contribution in [3.05, 3.63) is 42.1 Å². The Labute approximate surface area is 151 Å².